The van der Waals surface area contributed by atoms with Crippen LogP contribution in [0.25, 0.3) is 0 Å². The molecule has 0 aromatic heterocycles. The van der Waals surface area contributed by atoms with Gasteiger partial charge in [0.1, 0.15) is 18.1 Å². The summed E-state index contributed by atoms with van der Waals surface area (Å²) in [5.74, 6) is -8.39. The molecule has 0 saturated carbocycles. The number of carboxylic acid groups (broad SMARTS) is 3. The number of nitrogens with one attached hydrogen (secondary N) is 3. The van der Waals surface area contributed by atoms with E-state index in [4.69, 9.17) is 26.8 Å². The van der Waals surface area contributed by atoms with Crippen molar-refractivity contribution in [1.29, 1.82) is 0 Å². The number of aliphatic hydroxyl groups is 1. The van der Waals surface area contributed by atoms with Gasteiger partial charge < -0.3 is 47.8 Å². The first-order valence-corrected chi connectivity index (χ1v) is 9.50. The highest BCUT2D eigenvalue weighted by Crippen LogP contribution is 2.04. The summed E-state index contributed by atoms with van der Waals surface area (Å²) < 4.78 is 0. The summed E-state index contributed by atoms with van der Waals surface area (Å²) in [5.41, 5.74) is 10.4. The summed E-state index contributed by atoms with van der Waals surface area (Å²) in [6.45, 7) is -0.974. The molecule has 0 bridgehead atoms. The molecule has 11 N–H and O–H groups in total. The largest absolute Gasteiger partial charge is 0.481 e. The molecule has 0 heterocycles. The van der Waals surface area contributed by atoms with Gasteiger partial charge in [-0.1, -0.05) is 0 Å². The van der Waals surface area contributed by atoms with Crippen molar-refractivity contribution in [3.05, 3.63) is 0 Å². The minimum absolute atomic E-state index is 0.386. The summed E-state index contributed by atoms with van der Waals surface area (Å²) in [6.07, 6.45) is -2.61. The van der Waals surface area contributed by atoms with Gasteiger partial charge in [-0.2, -0.15) is 0 Å². The predicted octanol–water partition coefficient (Wildman–Crippen LogP) is -4.55. The zero-order valence-corrected chi connectivity index (χ0v) is 17.4. The Bertz CT molecular complexity index is 772. The molecule has 186 valence electrons. The normalized spacial score (nSPS) is 14.1. The van der Waals surface area contributed by atoms with Crippen molar-refractivity contribution in [2.24, 2.45) is 11.5 Å². The Labute approximate surface area is 186 Å². The molecule has 0 rings (SSSR count). The number of carboxylic acids is 3. The van der Waals surface area contributed by atoms with Gasteiger partial charge in [-0.3, -0.25) is 28.8 Å². The van der Waals surface area contributed by atoms with Crippen LogP contribution in [0.3, 0.4) is 0 Å². The summed E-state index contributed by atoms with van der Waals surface area (Å²) in [4.78, 5) is 80.4. The minimum Gasteiger partial charge on any atom is -0.481 e. The van der Waals surface area contributed by atoms with Gasteiger partial charge in [0, 0.05) is 12.8 Å². The standard InChI is InChI=1S/C17H27N5O11/c18-7(5-13(27)28)14(29)22-10(6-23)16(31)20-8(1-3-11(19)24)15(30)21-9(17(32)33)2-4-12(25)26/h7-10,23H,1-6,18H2,(H2,19,24)(H,20,31)(H,21,30)(H,22,29)(H,25,26)(H,27,28)(H,32,33). The van der Waals surface area contributed by atoms with E-state index >= 15 is 0 Å². The van der Waals surface area contributed by atoms with Gasteiger partial charge in [-0.15, -0.1) is 0 Å². The third-order valence-corrected chi connectivity index (χ3v) is 4.12. The molecular weight excluding hydrogens is 450 g/mol. The minimum atomic E-state index is -1.66. The number of nitrogens with two attached hydrogens (primary N) is 2. The third-order valence-electron chi connectivity index (χ3n) is 4.12. The first-order chi connectivity index (χ1) is 15.3. The van der Waals surface area contributed by atoms with E-state index in [1.165, 1.54) is 0 Å². The van der Waals surface area contributed by atoms with Gasteiger partial charge in [0.25, 0.3) is 0 Å². The number of hydrogen-bond donors (Lipinski definition) is 9. The molecule has 0 spiro atoms. The summed E-state index contributed by atoms with van der Waals surface area (Å²) in [5, 5.41) is 42.0. The fourth-order valence-electron chi connectivity index (χ4n) is 2.38. The lowest BCUT2D eigenvalue weighted by atomic mass is 10.1. The molecule has 0 aliphatic carbocycles. The molecule has 0 radical (unpaired) electrons. The van der Waals surface area contributed by atoms with Crippen molar-refractivity contribution in [2.75, 3.05) is 6.61 Å². The third kappa shape index (κ3) is 12.0. The fraction of sp³-hybridized carbons (Fsp3) is 0.588. The molecule has 4 atom stereocenters. The van der Waals surface area contributed by atoms with E-state index in [0.29, 0.717) is 0 Å². The SMILES string of the molecule is NC(=O)CCC(NC(=O)C(CO)NC(=O)C(N)CC(=O)O)C(=O)NC(CCC(=O)O)C(=O)O. The summed E-state index contributed by atoms with van der Waals surface area (Å²) in [6, 6.07) is -6.37. The molecule has 33 heavy (non-hydrogen) atoms. The Hall–Kier alpha value is -3.79. The van der Waals surface area contributed by atoms with Crippen molar-refractivity contribution in [3.8, 4) is 0 Å². The van der Waals surface area contributed by atoms with Crippen LogP contribution in [0.4, 0.5) is 0 Å². The van der Waals surface area contributed by atoms with Crippen molar-refractivity contribution in [1.82, 2.24) is 16.0 Å². The zero-order chi connectivity index (χ0) is 25.7. The Kier molecular flexibility index (Phi) is 12.7. The Morgan fingerprint density at radius 3 is 1.64 bits per heavy atom. The molecule has 0 aliphatic heterocycles. The maximum Gasteiger partial charge on any atom is 0.326 e. The van der Waals surface area contributed by atoms with Gasteiger partial charge in [0.05, 0.1) is 19.1 Å². The molecule has 0 aromatic carbocycles. The highest BCUT2D eigenvalue weighted by Gasteiger charge is 2.30. The quantitative estimate of drug-likeness (QED) is 0.101. The molecule has 0 aliphatic rings. The van der Waals surface area contributed by atoms with Gasteiger partial charge in [0.2, 0.25) is 23.6 Å². The monoisotopic (exact) mass is 477 g/mol. The number of aliphatic hydroxyl groups excluding tert-OH is 1. The van der Waals surface area contributed by atoms with E-state index in [9.17, 15) is 38.7 Å². The Balaban J connectivity index is 5.36. The number of aliphatic carboxylic acids is 3. The smallest absolute Gasteiger partial charge is 0.326 e. The van der Waals surface area contributed by atoms with E-state index in [0.717, 1.165) is 0 Å². The van der Waals surface area contributed by atoms with Crippen LogP contribution in [-0.2, 0) is 33.6 Å². The molecule has 16 heteroatoms. The van der Waals surface area contributed by atoms with Crippen molar-refractivity contribution < 1.29 is 54.0 Å². The van der Waals surface area contributed by atoms with Crippen LogP contribution < -0.4 is 27.4 Å². The molecule has 0 saturated heterocycles. The van der Waals surface area contributed by atoms with E-state index in [1.54, 1.807) is 0 Å². The lowest BCUT2D eigenvalue weighted by Gasteiger charge is -2.24. The maximum absolute atomic E-state index is 12.5. The first-order valence-electron chi connectivity index (χ1n) is 9.50. The number of carbonyl (C=O) groups is 7. The van der Waals surface area contributed by atoms with E-state index < -0.39 is 98.0 Å². The van der Waals surface area contributed by atoms with Gasteiger partial charge >= 0.3 is 17.9 Å². The zero-order valence-electron chi connectivity index (χ0n) is 17.4. The second-order valence-corrected chi connectivity index (χ2v) is 6.85. The summed E-state index contributed by atoms with van der Waals surface area (Å²) in [7, 11) is 0. The van der Waals surface area contributed by atoms with Crippen molar-refractivity contribution >= 4 is 41.5 Å². The highest BCUT2D eigenvalue weighted by atomic mass is 16.4. The van der Waals surface area contributed by atoms with Gasteiger partial charge in [-0.05, 0) is 12.8 Å². The van der Waals surface area contributed by atoms with Crippen LogP contribution in [-0.4, -0.2) is 92.7 Å². The molecular formula is C17H27N5O11. The van der Waals surface area contributed by atoms with Crippen LogP contribution in [0.1, 0.15) is 32.1 Å². The van der Waals surface area contributed by atoms with Crippen LogP contribution in [0.2, 0.25) is 0 Å². The van der Waals surface area contributed by atoms with E-state index in [2.05, 4.69) is 5.32 Å². The number of carbonyl (C=O) groups excluding carboxylic acids is 4. The topological polar surface area (TPSA) is 289 Å². The molecule has 0 aromatic rings. The first kappa shape index (κ1) is 29.2. The number of rotatable bonds is 16. The fourth-order valence-corrected chi connectivity index (χ4v) is 2.38. The van der Waals surface area contributed by atoms with E-state index in [-0.39, 0.29) is 6.42 Å². The van der Waals surface area contributed by atoms with Crippen molar-refractivity contribution in [3.63, 3.8) is 0 Å². The molecule has 4 amide bonds. The van der Waals surface area contributed by atoms with Crippen LogP contribution >= 0.6 is 0 Å². The average molecular weight is 477 g/mol. The van der Waals surface area contributed by atoms with Crippen LogP contribution in [0.15, 0.2) is 0 Å². The number of amides is 4. The van der Waals surface area contributed by atoms with Crippen LogP contribution in [0, 0.1) is 0 Å². The number of hydrogen-bond acceptors (Lipinski definition) is 9. The molecule has 0 fully saturated rings. The average Bonchev–Trinajstić information content (AvgIpc) is 2.70. The van der Waals surface area contributed by atoms with Gasteiger partial charge in [0.15, 0.2) is 0 Å². The second-order valence-electron chi connectivity index (χ2n) is 6.85. The predicted molar refractivity (Wildman–Crippen MR) is 106 cm³/mol. The number of primary amides is 1. The molecule has 4 unspecified atom stereocenters. The Morgan fingerprint density at radius 1 is 0.697 bits per heavy atom. The maximum atomic E-state index is 12.5. The van der Waals surface area contributed by atoms with Gasteiger partial charge in [-0.25, -0.2) is 4.79 Å². The lowest BCUT2D eigenvalue weighted by molar-refractivity contribution is -0.143. The highest BCUT2D eigenvalue weighted by molar-refractivity contribution is 5.95. The van der Waals surface area contributed by atoms with Crippen molar-refractivity contribution in [2.45, 2.75) is 56.3 Å². The van der Waals surface area contributed by atoms with E-state index in [1.807, 2.05) is 10.6 Å². The lowest BCUT2D eigenvalue weighted by Crippen LogP contribution is -2.58. The van der Waals surface area contributed by atoms with Crippen LogP contribution in [0.5, 0.6) is 0 Å². The molecule has 16 nitrogen and oxygen atoms in total. The summed E-state index contributed by atoms with van der Waals surface area (Å²) >= 11 is 0. The Morgan fingerprint density at radius 2 is 1.18 bits per heavy atom. The second kappa shape index (κ2) is 14.3.